The molecular weight excluding hydrogens is 420 g/mol. The van der Waals surface area contributed by atoms with E-state index in [4.69, 9.17) is 0 Å². The second kappa shape index (κ2) is 11.0. The number of nitrogens with zero attached hydrogens (tertiary/aromatic N) is 2. The van der Waals surface area contributed by atoms with Gasteiger partial charge < -0.3 is 4.90 Å². The van der Waals surface area contributed by atoms with Gasteiger partial charge in [0.25, 0.3) is 5.69 Å². The van der Waals surface area contributed by atoms with Crippen molar-refractivity contribution in [3.8, 4) is 0 Å². The average molecular weight is 453 g/mol. The molecule has 0 spiro atoms. The molecule has 2 aromatic rings. The molecule has 0 radical (unpaired) electrons. The molecule has 0 N–H and O–H groups in total. The molecule has 2 heterocycles. The normalized spacial score (nSPS) is 16.6. The molecular formula is C30H32N2O2. The van der Waals surface area contributed by atoms with E-state index in [0.717, 1.165) is 11.1 Å². The Hall–Kier alpha value is -3.66. The lowest BCUT2D eigenvalue weighted by molar-refractivity contribution is -0.384. The highest BCUT2D eigenvalue weighted by molar-refractivity contribution is 5.68. The van der Waals surface area contributed by atoms with Crippen molar-refractivity contribution < 1.29 is 4.92 Å². The number of nitro groups is 1. The molecule has 2 aromatic carbocycles. The number of anilines is 1. The van der Waals surface area contributed by atoms with E-state index >= 15 is 0 Å². The Balaban J connectivity index is 1.35. The summed E-state index contributed by atoms with van der Waals surface area (Å²) in [6, 6.07) is 11.3. The maximum Gasteiger partial charge on any atom is 0.269 e. The largest absolute Gasteiger partial charge is 0.371 e. The summed E-state index contributed by atoms with van der Waals surface area (Å²) in [5, 5.41) is 10.7. The van der Waals surface area contributed by atoms with Gasteiger partial charge in [0.1, 0.15) is 0 Å². The number of allylic oxidation sites excluding steroid dienone is 8. The average Bonchev–Trinajstić information content (AvgIpc) is 2.84. The third kappa shape index (κ3) is 6.02. The summed E-state index contributed by atoms with van der Waals surface area (Å²) < 4.78 is 0. The number of hydrogen-bond donors (Lipinski definition) is 0. The Labute approximate surface area is 202 Å². The first kappa shape index (κ1) is 23.5. The van der Waals surface area contributed by atoms with Gasteiger partial charge in [0.2, 0.25) is 0 Å². The smallest absolute Gasteiger partial charge is 0.269 e. The van der Waals surface area contributed by atoms with Crippen LogP contribution in [0.1, 0.15) is 48.9 Å². The third-order valence-corrected chi connectivity index (χ3v) is 6.37. The number of aryl methyl sites for hydroxylation is 2. The lowest BCUT2D eigenvalue weighted by Crippen LogP contribution is -2.34. The highest BCUT2D eigenvalue weighted by Crippen LogP contribution is 2.36. The van der Waals surface area contributed by atoms with Crippen LogP contribution in [-0.4, -0.2) is 18.0 Å². The zero-order valence-electron chi connectivity index (χ0n) is 20.0. The lowest BCUT2D eigenvalue weighted by atomic mass is 9.90. The molecule has 174 valence electrons. The molecule has 2 aliphatic rings. The molecule has 0 saturated carbocycles. The van der Waals surface area contributed by atoms with E-state index in [0.29, 0.717) is 0 Å². The van der Waals surface area contributed by atoms with Crippen molar-refractivity contribution in [2.45, 2.75) is 39.5 Å². The van der Waals surface area contributed by atoms with E-state index in [2.05, 4.69) is 54.3 Å². The first-order chi connectivity index (χ1) is 16.5. The van der Waals surface area contributed by atoms with Crippen LogP contribution in [0, 0.1) is 10.1 Å². The number of non-ortho nitro benzene ring substituents is 1. The second-order valence-corrected chi connectivity index (χ2v) is 9.10. The van der Waals surface area contributed by atoms with Crippen molar-refractivity contribution in [3.05, 3.63) is 116 Å². The topological polar surface area (TPSA) is 46.4 Å². The van der Waals surface area contributed by atoms with Crippen LogP contribution < -0.4 is 4.90 Å². The fraction of sp³-hybridized carbons (Fsp3) is 0.267. The van der Waals surface area contributed by atoms with Crippen molar-refractivity contribution in [1.82, 2.24) is 0 Å². The molecule has 0 amide bonds. The van der Waals surface area contributed by atoms with E-state index in [-0.39, 0.29) is 10.6 Å². The Morgan fingerprint density at radius 3 is 1.91 bits per heavy atom. The van der Waals surface area contributed by atoms with E-state index in [9.17, 15) is 10.1 Å². The molecule has 2 aliphatic heterocycles. The third-order valence-electron chi connectivity index (χ3n) is 6.37. The number of benzene rings is 2. The first-order valence-electron chi connectivity index (χ1n) is 12.0. The van der Waals surface area contributed by atoms with Crippen LogP contribution in [0.3, 0.4) is 0 Å². The van der Waals surface area contributed by atoms with E-state index in [1.807, 2.05) is 25.2 Å². The molecule has 0 unspecified atom stereocenters. The highest BCUT2D eigenvalue weighted by atomic mass is 16.6. The Bertz CT molecular complexity index is 1170. The van der Waals surface area contributed by atoms with Gasteiger partial charge in [-0.25, -0.2) is 0 Å². The van der Waals surface area contributed by atoms with Crippen molar-refractivity contribution in [1.29, 1.82) is 0 Å². The van der Waals surface area contributed by atoms with Crippen LogP contribution in [0.2, 0.25) is 0 Å². The van der Waals surface area contributed by atoms with Crippen molar-refractivity contribution in [2.24, 2.45) is 0 Å². The van der Waals surface area contributed by atoms with E-state index in [1.165, 1.54) is 78.9 Å². The molecule has 4 rings (SSSR count). The molecule has 4 nitrogen and oxygen atoms in total. The quantitative estimate of drug-likeness (QED) is 0.249. The lowest BCUT2D eigenvalue weighted by Gasteiger charge is -2.37. The minimum Gasteiger partial charge on any atom is -0.371 e. The number of hydrogen-bond acceptors (Lipinski definition) is 3. The van der Waals surface area contributed by atoms with Crippen LogP contribution in [0.15, 0.2) is 84.0 Å². The zero-order valence-corrected chi connectivity index (χ0v) is 20.0. The number of rotatable bonds is 7. The summed E-state index contributed by atoms with van der Waals surface area (Å²) >= 11 is 0. The van der Waals surface area contributed by atoms with Gasteiger partial charge >= 0.3 is 0 Å². The number of nitro benzene ring substituents is 1. The standard InChI is InChI=1S/C30H32N2O2/c1-23(11-13-25-15-17-29(18-16-25)32(33)34)7-3-4-8-24(2)12-14-26-21-27-9-5-19-31-20-6-10-28(22-26)30(27)31/h3-4,7-8,11-18,21-22H,5-6,9-10,19-20H2,1-2H3/b4-3+,13-11+,14-12+,23-7+,24-8+. The summed E-state index contributed by atoms with van der Waals surface area (Å²) in [6.07, 6.45) is 21.6. The Morgan fingerprint density at radius 1 is 0.853 bits per heavy atom. The Kier molecular flexibility index (Phi) is 7.58. The summed E-state index contributed by atoms with van der Waals surface area (Å²) in [5.41, 5.74) is 9.23. The van der Waals surface area contributed by atoms with Crippen molar-refractivity contribution in [3.63, 3.8) is 0 Å². The molecule has 0 bridgehead atoms. The molecule has 0 fully saturated rings. The van der Waals surface area contributed by atoms with Gasteiger partial charge in [0.05, 0.1) is 4.92 Å². The van der Waals surface area contributed by atoms with Crippen LogP contribution in [0.25, 0.3) is 12.2 Å². The SMILES string of the molecule is CC(/C=C/c1ccc([N+](=O)[O-])cc1)=C\C=C\C=C(C)\C=C\c1cc2c3c(c1)CCCN3CCC2. The van der Waals surface area contributed by atoms with Gasteiger partial charge in [-0.2, -0.15) is 0 Å². The van der Waals surface area contributed by atoms with Crippen LogP contribution >= 0.6 is 0 Å². The van der Waals surface area contributed by atoms with Gasteiger partial charge in [-0.3, -0.25) is 10.1 Å². The van der Waals surface area contributed by atoms with Gasteiger partial charge in [-0.05, 0) is 86.1 Å². The van der Waals surface area contributed by atoms with Gasteiger partial charge in [-0.15, -0.1) is 0 Å². The van der Waals surface area contributed by atoms with Crippen LogP contribution in [0.5, 0.6) is 0 Å². The summed E-state index contributed by atoms with van der Waals surface area (Å²) in [7, 11) is 0. The van der Waals surface area contributed by atoms with Crippen LogP contribution in [-0.2, 0) is 12.8 Å². The monoisotopic (exact) mass is 452 g/mol. The van der Waals surface area contributed by atoms with Crippen molar-refractivity contribution >= 4 is 23.5 Å². The molecule has 0 saturated heterocycles. The predicted molar refractivity (Wildman–Crippen MR) is 143 cm³/mol. The summed E-state index contributed by atoms with van der Waals surface area (Å²) in [5.74, 6) is 0. The second-order valence-electron chi connectivity index (χ2n) is 9.10. The van der Waals surface area contributed by atoms with E-state index < -0.39 is 0 Å². The molecule has 34 heavy (non-hydrogen) atoms. The van der Waals surface area contributed by atoms with Gasteiger partial charge in [0.15, 0.2) is 0 Å². The van der Waals surface area contributed by atoms with Crippen molar-refractivity contribution in [2.75, 3.05) is 18.0 Å². The maximum absolute atomic E-state index is 10.7. The molecule has 0 aromatic heterocycles. The molecule has 0 aliphatic carbocycles. The predicted octanol–water partition coefficient (Wildman–Crippen LogP) is 7.47. The summed E-state index contributed by atoms with van der Waals surface area (Å²) in [4.78, 5) is 12.9. The van der Waals surface area contributed by atoms with Gasteiger partial charge in [0, 0.05) is 30.9 Å². The highest BCUT2D eigenvalue weighted by Gasteiger charge is 2.23. The maximum atomic E-state index is 10.7. The zero-order chi connectivity index (χ0) is 23.9. The minimum absolute atomic E-state index is 0.108. The molecule has 4 heteroatoms. The van der Waals surface area contributed by atoms with Crippen LogP contribution in [0.4, 0.5) is 11.4 Å². The van der Waals surface area contributed by atoms with E-state index in [1.54, 1.807) is 12.1 Å². The Morgan fingerprint density at radius 2 is 1.38 bits per heavy atom. The first-order valence-corrected chi connectivity index (χ1v) is 12.0. The fourth-order valence-corrected chi connectivity index (χ4v) is 4.61. The minimum atomic E-state index is -0.384. The van der Waals surface area contributed by atoms with Gasteiger partial charge in [-0.1, -0.05) is 59.8 Å². The fourth-order valence-electron chi connectivity index (χ4n) is 4.61. The molecule has 0 atom stereocenters. The summed E-state index contributed by atoms with van der Waals surface area (Å²) in [6.45, 7) is 6.58.